The van der Waals surface area contributed by atoms with Gasteiger partial charge in [-0.15, -0.1) is 0 Å². The van der Waals surface area contributed by atoms with Crippen LogP contribution in [0.25, 0.3) is 0 Å². The standard InChI is InChI=1S/C36H48N4O7.C36H46N4O7/c2*1-4-9-29(32(42)36(46)37-21-23(3)41)38-34(44)30-20-25-10-8-13-28(19-25)47-27-16-14-24(15-17-27)18-22(2)33(43)40-31(35(45)39-30)26-11-6-5-7-12-26/h8,10,13-17,19,22,26,29-32,42H,4-7,9,11-12,18,20-21H2,1-3H3,(H,37,46)(H,38,44)(H,39,45)(H,40,43);8,10,13-17,19,22,26,29-31H,4-7,9,11-12,18,20-21H2,1-3H3,(H,37,46)(H,38,44)(H,39,45)(H,40,43). The molecule has 94 heavy (non-hydrogen) atoms. The van der Waals surface area contributed by atoms with E-state index in [4.69, 9.17) is 9.47 Å². The topological polar surface area (TPSA) is 323 Å². The molecule has 10 rings (SSSR count). The molecule has 22 heteroatoms. The molecule has 2 aliphatic carbocycles. The smallest absolute Gasteiger partial charge is 0.289 e. The lowest BCUT2D eigenvalue weighted by atomic mass is 9.83. The minimum Gasteiger partial charge on any atom is -0.457 e. The first-order valence-electron chi connectivity index (χ1n) is 33.4. The van der Waals surface area contributed by atoms with E-state index in [0.29, 0.717) is 59.8 Å². The quantitative estimate of drug-likeness (QED) is 0.0485. The maximum absolute atomic E-state index is 14.1. The summed E-state index contributed by atoms with van der Waals surface area (Å²) in [6, 6.07) is 23.4. The van der Waals surface area contributed by atoms with Crippen LogP contribution in [0.2, 0.25) is 0 Å². The van der Waals surface area contributed by atoms with Gasteiger partial charge in [-0.05, 0) is 148 Å². The molecule has 8 bridgehead atoms. The van der Waals surface area contributed by atoms with Gasteiger partial charge in [-0.2, -0.15) is 0 Å². The van der Waals surface area contributed by atoms with Crippen LogP contribution in [0.5, 0.6) is 23.0 Å². The van der Waals surface area contributed by atoms with Crippen LogP contribution in [-0.4, -0.2) is 125 Å². The number of ether oxygens (including phenoxy) is 2. The monoisotopic (exact) mass is 1290 g/mol. The van der Waals surface area contributed by atoms with Crippen molar-refractivity contribution >= 4 is 64.6 Å². The zero-order valence-electron chi connectivity index (χ0n) is 55.0. The van der Waals surface area contributed by atoms with E-state index < -0.39 is 95.4 Å². The van der Waals surface area contributed by atoms with Crippen LogP contribution in [0.1, 0.15) is 154 Å². The van der Waals surface area contributed by atoms with Crippen LogP contribution >= 0.6 is 0 Å². The number of benzene rings is 4. The van der Waals surface area contributed by atoms with Crippen molar-refractivity contribution in [1.29, 1.82) is 0 Å². The summed E-state index contributed by atoms with van der Waals surface area (Å²) in [5, 5.41) is 32.8. The highest BCUT2D eigenvalue weighted by atomic mass is 16.5. The Morgan fingerprint density at radius 2 is 0.926 bits per heavy atom. The Balaban J connectivity index is 0.000000266. The third-order valence-electron chi connectivity index (χ3n) is 17.7. The van der Waals surface area contributed by atoms with E-state index in [1.807, 2.05) is 88.4 Å². The molecular weight excluding hydrogens is 1200 g/mol. The van der Waals surface area contributed by atoms with Gasteiger partial charge < -0.3 is 57.1 Å². The van der Waals surface area contributed by atoms with Crippen LogP contribution < -0.4 is 52.0 Å². The van der Waals surface area contributed by atoms with Crippen LogP contribution in [0.4, 0.5) is 0 Å². The number of carbonyl (C=O) groups is 11. The zero-order valence-corrected chi connectivity index (χ0v) is 55.0. The molecule has 4 aliphatic heterocycles. The first-order valence-corrected chi connectivity index (χ1v) is 33.4. The summed E-state index contributed by atoms with van der Waals surface area (Å²) < 4.78 is 12.2. The molecule has 4 heterocycles. The number of hydrogen-bond acceptors (Lipinski definition) is 14. The van der Waals surface area contributed by atoms with E-state index in [2.05, 4.69) is 42.5 Å². The van der Waals surface area contributed by atoms with E-state index in [-0.39, 0.29) is 74.0 Å². The number of Topliss-reactive ketones (excluding diaryl/α,β-unsaturated/α-hetero) is 3. The lowest BCUT2D eigenvalue weighted by molar-refractivity contribution is -0.141. The van der Waals surface area contributed by atoms with Gasteiger partial charge in [-0.3, -0.25) is 52.7 Å². The number of amides is 8. The molecule has 22 nitrogen and oxygen atoms in total. The molecular formula is C72H94N8O14. The van der Waals surface area contributed by atoms with Crippen LogP contribution in [0.15, 0.2) is 97.1 Å². The number of nitrogens with one attached hydrogen (secondary N) is 8. The van der Waals surface area contributed by atoms with Crippen molar-refractivity contribution in [3.8, 4) is 23.0 Å². The predicted octanol–water partition coefficient (Wildman–Crippen LogP) is 6.44. The van der Waals surface area contributed by atoms with Crippen LogP contribution in [0, 0.1) is 23.7 Å². The van der Waals surface area contributed by atoms with Gasteiger partial charge in [-0.1, -0.05) is 128 Å². The van der Waals surface area contributed by atoms with Gasteiger partial charge in [0.15, 0.2) is 6.10 Å². The summed E-state index contributed by atoms with van der Waals surface area (Å²) in [6.07, 6.45) is 9.98. The van der Waals surface area contributed by atoms with Gasteiger partial charge in [-0.25, -0.2) is 0 Å². The van der Waals surface area contributed by atoms with Crippen molar-refractivity contribution in [2.75, 3.05) is 13.1 Å². The molecule has 0 aromatic heterocycles. The number of hydrogen-bond donors (Lipinski definition) is 9. The minimum absolute atomic E-state index is 0.0546. The van der Waals surface area contributed by atoms with E-state index in [1.165, 1.54) is 13.8 Å². The lowest BCUT2D eigenvalue weighted by Gasteiger charge is -2.32. The Labute approximate surface area is 550 Å². The zero-order chi connectivity index (χ0) is 67.8. The summed E-state index contributed by atoms with van der Waals surface area (Å²) in [5.74, 6) is -4.55. The second-order valence-electron chi connectivity index (χ2n) is 25.7. The Morgan fingerprint density at radius 1 is 0.500 bits per heavy atom. The Hall–Kier alpha value is -8.79. The molecule has 0 spiro atoms. The second-order valence-corrected chi connectivity index (χ2v) is 25.7. The van der Waals surface area contributed by atoms with Crippen molar-refractivity contribution in [3.63, 3.8) is 0 Å². The van der Waals surface area contributed by atoms with E-state index in [9.17, 15) is 57.8 Å². The van der Waals surface area contributed by atoms with Gasteiger partial charge in [0.2, 0.25) is 41.2 Å². The number of carbonyl (C=O) groups excluding carboxylic acids is 11. The highest BCUT2D eigenvalue weighted by Crippen LogP contribution is 2.31. The Bertz CT molecular complexity index is 3290. The van der Waals surface area contributed by atoms with E-state index in [1.54, 1.807) is 36.4 Å². The molecule has 2 saturated carbocycles. The summed E-state index contributed by atoms with van der Waals surface area (Å²) in [7, 11) is 0. The van der Waals surface area contributed by atoms with Gasteiger partial charge in [0.1, 0.15) is 58.7 Å². The molecule has 4 aromatic rings. The molecule has 9 unspecified atom stereocenters. The molecule has 0 radical (unpaired) electrons. The van der Waals surface area contributed by atoms with Gasteiger partial charge in [0, 0.05) is 24.7 Å². The normalized spacial score (nSPS) is 21.7. The first kappa shape index (κ1) is 72.6. The predicted molar refractivity (Wildman–Crippen MR) is 352 cm³/mol. The number of aliphatic hydroxyl groups excluding tert-OH is 1. The van der Waals surface area contributed by atoms with Gasteiger partial charge in [0.05, 0.1) is 25.2 Å². The molecule has 8 amide bonds. The maximum atomic E-state index is 14.1. The number of ketones is 3. The molecule has 4 aromatic carbocycles. The fourth-order valence-corrected chi connectivity index (χ4v) is 12.4. The maximum Gasteiger partial charge on any atom is 0.289 e. The Kier molecular flexibility index (Phi) is 27.8. The third-order valence-corrected chi connectivity index (χ3v) is 17.7. The van der Waals surface area contributed by atoms with E-state index in [0.717, 1.165) is 75.3 Å². The number of aliphatic hydroxyl groups is 1. The molecule has 9 N–H and O–H groups in total. The number of rotatable bonds is 18. The fourth-order valence-electron chi connectivity index (χ4n) is 12.4. The van der Waals surface area contributed by atoms with Crippen molar-refractivity contribution in [1.82, 2.24) is 42.5 Å². The molecule has 2 fully saturated rings. The van der Waals surface area contributed by atoms with Crippen molar-refractivity contribution < 1.29 is 67.3 Å². The van der Waals surface area contributed by atoms with Crippen molar-refractivity contribution in [2.24, 2.45) is 23.7 Å². The third kappa shape index (κ3) is 22.2. The summed E-state index contributed by atoms with van der Waals surface area (Å²) in [5.41, 5.74) is 3.32. The lowest BCUT2D eigenvalue weighted by Crippen LogP contribution is -2.59. The van der Waals surface area contributed by atoms with Crippen LogP contribution in [0.3, 0.4) is 0 Å². The minimum atomic E-state index is -1.61. The Morgan fingerprint density at radius 3 is 1.35 bits per heavy atom. The highest BCUT2D eigenvalue weighted by Gasteiger charge is 2.39. The highest BCUT2D eigenvalue weighted by molar-refractivity contribution is 6.38. The molecule has 6 aliphatic rings. The van der Waals surface area contributed by atoms with E-state index >= 15 is 0 Å². The van der Waals surface area contributed by atoms with Crippen LogP contribution in [-0.2, 0) is 78.4 Å². The summed E-state index contributed by atoms with van der Waals surface area (Å²) >= 11 is 0. The second kappa shape index (κ2) is 36.0. The van der Waals surface area contributed by atoms with Gasteiger partial charge in [0.25, 0.3) is 11.8 Å². The molecule has 506 valence electrons. The average Bonchev–Trinajstić information content (AvgIpc) is 1.22. The largest absolute Gasteiger partial charge is 0.457 e. The van der Waals surface area contributed by atoms with Gasteiger partial charge >= 0.3 is 0 Å². The van der Waals surface area contributed by atoms with Crippen molar-refractivity contribution in [2.45, 2.75) is 199 Å². The number of fused-ring (bicyclic) bond motifs is 20. The molecule has 0 saturated heterocycles. The SMILES string of the molecule is CCCC(NC(=O)C1Cc2cccc(c2)Oc2ccc(cc2)CC(C)C(=O)NC(C2CCCCC2)C(=O)N1)C(=O)C(=O)NCC(C)=O.CCCC(NC(=O)C1Cc2cccc(c2)Oc2ccc(cc2)CC(C)C(=O)NC(C2CCCCC2)C(=O)N1)C(O)C(=O)NCC(C)=O. The summed E-state index contributed by atoms with van der Waals surface area (Å²) in [6.45, 7) is 9.39. The summed E-state index contributed by atoms with van der Waals surface area (Å²) in [4.78, 5) is 144. The fraction of sp³-hybridized carbons (Fsp3) is 0.514. The first-order chi connectivity index (χ1) is 45.1. The van der Waals surface area contributed by atoms with Crippen molar-refractivity contribution in [3.05, 3.63) is 119 Å². The molecule has 9 atom stereocenters. The average molecular weight is 1300 g/mol.